The number of benzene rings is 1. The molecule has 2 N–H and O–H groups in total. The minimum Gasteiger partial charge on any atom is -0.481 e. The molecule has 0 saturated heterocycles. The van der Waals surface area contributed by atoms with Crippen LogP contribution in [-0.2, 0) is 15.0 Å². The third-order valence-electron chi connectivity index (χ3n) is 4.05. The van der Waals surface area contributed by atoms with E-state index in [1.807, 2.05) is 39.0 Å². The largest absolute Gasteiger partial charge is 0.481 e. The van der Waals surface area contributed by atoms with E-state index in [-0.39, 0.29) is 12.3 Å². The molecule has 0 heterocycles. The molecule has 0 amide bonds. The summed E-state index contributed by atoms with van der Waals surface area (Å²) in [6.45, 7) is 5.90. The molecule has 1 saturated carbocycles. The van der Waals surface area contributed by atoms with Crippen LogP contribution in [0.2, 0.25) is 0 Å². The van der Waals surface area contributed by atoms with Crippen molar-refractivity contribution in [2.24, 2.45) is 5.92 Å². The summed E-state index contributed by atoms with van der Waals surface area (Å²) >= 11 is 0. The minimum atomic E-state index is -1.24. The van der Waals surface area contributed by atoms with Gasteiger partial charge < -0.3 is 10.2 Å². The Morgan fingerprint density at radius 2 is 1.95 bits per heavy atom. The molecule has 1 fully saturated rings. The van der Waals surface area contributed by atoms with Gasteiger partial charge in [-0.1, -0.05) is 32.0 Å². The lowest BCUT2D eigenvalue weighted by Crippen LogP contribution is -2.26. The molecule has 4 nitrogen and oxygen atoms in total. The lowest BCUT2D eigenvalue weighted by atomic mass is 9.86. The van der Waals surface area contributed by atoms with Gasteiger partial charge in [0.05, 0.1) is 5.92 Å². The van der Waals surface area contributed by atoms with E-state index >= 15 is 0 Å². The Labute approximate surface area is 112 Å². The zero-order chi connectivity index (χ0) is 14.4. The number of aryl methyl sites for hydroxylation is 1. The Balaban J connectivity index is 2.53. The summed E-state index contributed by atoms with van der Waals surface area (Å²) in [6, 6.07) is 5.71. The molecule has 4 heteroatoms. The van der Waals surface area contributed by atoms with E-state index in [4.69, 9.17) is 5.11 Å². The van der Waals surface area contributed by atoms with E-state index in [1.54, 1.807) is 0 Å². The number of carboxylic acids is 2. The van der Waals surface area contributed by atoms with Crippen molar-refractivity contribution in [3.63, 3.8) is 0 Å². The monoisotopic (exact) mass is 262 g/mol. The van der Waals surface area contributed by atoms with Gasteiger partial charge in [0.2, 0.25) is 0 Å². The Morgan fingerprint density at radius 1 is 1.32 bits per heavy atom. The van der Waals surface area contributed by atoms with E-state index < -0.39 is 23.3 Å². The summed E-state index contributed by atoms with van der Waals surface area (Å²) in [5.74, 6) is -2.60. The molecule has 1 aliphatic rings. The van der Waals surface area contributed by atoms with Crippen molar-refractivity contribution in [1.29, 1.82) is 0 Å². The highest BCUT2D eigenvalue weighted by Gasteiger charge is 2.66. The summed E-state index contributed by atoms with van der Waals surface area (Å²) < 4.78 is 0. The van der Waals surface area contributed by atoms with Crippen molar-refractivity contribution in [1.82, 2.24) is 0 Å². The Bertz CT molecular complexity index is 547. The van der Waals surface area contributed by atoms with E-state index in [2.05, 4.69) is 0 Å². The highest BCUT2D eigenvalue weighted by molar-refractivity contribution is 5.95. The molecule has 0 radical (unpaired) electrons. The van der Waals surface area contributed by atoms with Crippen LogP contribution < -0.4 is 0 Å². The minimum absolute atomic E-state index is 0.181. The molecule has 19 heavy (non-hydrogen) atoms. The molecular weight excluding hydrogens is 244 g/mol. The maximum Gasteiger partial charge on any atom is 0.315 e. The Hall–Kier alpha value is -1.84. The molecule has 1 aromatic rings. The van der Waals surface area contributed by atoms with Gasteiger partial charge in [-0.25, -0.2) is 0 Å². The number of hydrogen-bond donors (Lipinski definition) is 2. The molecule has 2 atom stereocenters. The lowest BCUT2D eigenvalue weighted by Gasteiger charge is -2.17. The van der Waals surface area contributed by atoms with Crippen LogP contribution in [0.3, 0.4) is 0 Å². The number of aliphatic carboxylic acids is 2. The van der Waals surface area contributed by atoms with Crippen molar-refractivity contribution >= 4 is 11.9 Å². The summed E-state index contributed by atoms with van der Waals surface area (Å²) in [5.41, 5.74) is 1.30. The van der Waals surface area contributed by atoms with E-state index in [0.717, 1.165) is 11.1 Å². The normalized spacial score (nSPS) is 25.4. The molecule has 0 spiro atoms. The first-order valence-electron chi connectivity index (χ1n) is 6.38. The van der Waals surface area contributed by atoms with Crippen molar-refractivity contribution in [2.75, 3.05) is 0 Å². The molecule has 1 aromatic carbocycles. The third-order valence-corrected chi connectivity index (χ3v) is 4.05. The number of hydrogen-bond acceptors (Lipinski definition) is 2. The van der Waals surface area contributed by atoms with Crippen LogP contribution >= 0.6 is 0 Å². The van der Waals surface area contributed by atoms with Gasteiger partial charge in [0.1, 0.15) is 5.41 Å². The molecule has 2 unspecified atom stereocenters. The van der Waals surface area contributed by atoms with E-state index in [1.165, 1.54) is 0 Å². The van der Waals surface area contributed by atoms with Gasteiger partial charge in [0.15, 0.2) is 0 Å². The van der Waals surface area contributed by atoms with Crippen LogP contribution in [0, 0.1) is 12.8 Å². The van der Waals surface area contributed by atoms with Crippen LogP contribution in [0.1, 0.15) is 42.9 Å². The van der Waals surface area contributed by atoms with Crippen molar-refractivity contribution < 1.29 is 19.8 Å². The summed E-state index contributed by atoms with van der Waals surface area (Å²) in [7, 11) is 0. The topological polar surface area (TPSA) is 74.6 Å². The molecule has 2 rings (SSSR count). The van der Waals surface area contributed by atoms with Gasteiger partial charge in [-0.2, -0.15) is 0 Å². The summed E-state index contributed by atoms with van der Waals surface area (Å²) in [4.78, 5) is 22.7. The molecule has 0 bridgehead atoms. The van der Waals surface area contributed by atoms with E-state index in [9.17, 15) is 14.7 Å². The highest BCUT2D eigenvalue weighted by Crippen LogP contribution is 2.55. The van der Waals surface area contributed by atoms with Crippen molar-refractivity contribution in [3.8, 4) is 0 Å². The first kappa shape index (κ1) is 13.6. The molecule has 1 aliphatic carbocycles. The predicted octanol–water partition coefficient (Wildman–Crippen LogP) is 2.55. The van der Waals surface area contributed by atoms with Crippen LogP contribution in [0.25, 0.3) is 0 Å². The second kappa shape index (κ2) is 4.37. The third kappa shape index (κ3) is 2.01. The second-order valence-electron chi connectivity index (χ2n) is 5.60. The quantitative estimate of drug-likeness (QED) is 0.874. The fourth-order valence-corrected chi connectivity index (χ4v) is 2.69. The fourth-order valence-electron chi connectivity index (χ4n) is 2.69. The van der Waals surface area contributed by atoms with Crippen LogP contribution in [0.15, 0.2) is 18.2 Å². The van der Waals surface area contributed by atoms with Gasteiger partial charge in [0.25, 0.3) is 0 Å². The lowest BCUT2D eigenvalue weighted by molar-refractivity contribution is -0.145. The molecule has 0 aliphatic heterocycles. The second-order valence-corrected chi connectivity index (χ2v) is 5.60. The van der Waals surface area contributed by atoms with Crippen LogP contribution in [0.5, 0.6) is 0 Å². The Kier molecular flexibility index (Phi) is 3.12. The molecule has 0 aromatic heterocycles. The first-order chi connectivity index (χ1) is 8.80. The smallest absolute Gasteiger partial charge is 0.315 e. The SMILES string of the molecule is Cc1ccc(C(C)C)cc1C1(C(=O)O)CC1C(=O)O. The zero-order valence-corrected chi connectivity index (χ0v) is 11.3. The number of carbonyl (C=O) groups is 2. The van der Waals surface area contributed by atoms with Crippen molar-refractivity contribution in [2.45, 2.75) is 38.5 Å². The first-order valence-corrected chi connectivity index (χ1v) is 6.38. The number of carboxylic acid groups (broad SMARTS) is 2. The van der Waals surface area contributed by atoms with Crippen molar-refractivity contribution in [3.05, 3.63) is 34.9 Å². The predicted molar refractivity (Wildman–Crippen MR) is 70.3 cm³/mol. The average molecular weight is 262 g/mol. The molecule has 102 valence electrons. The van der Waals surface area contributed by atoms with Gasteiger partial charge in [-0.05, 0) is 36.0 Å². The molecular formula is C15H18O4. The Morgan fingerprint density at radius 3 is 2.37 bits per heavy atom. The zero-order valence-electron chi connectivity index (χ0n) is 11.3. The standard InChI is InChI=1S/C15H18O4/c1-8(2)10-5-4-9(3)11(6-10)15(14(18)19)7-12(15)13(16)17/h4-6,8,12H,7H2,1-3H3,(H,16,17)(H,18,19). The highest BCUT2D eigenvalue weighted by atomic mass is 16.4. The summed E-state index contributed by atoms with van der Waals surface area (Å²) in [6.07, 6.45) is 0.181. The fraction of sp³-hybridized carbons (Fsp3) is 0.467. The van der Waals surface area contributed by atoms with Gasteiger partial charge in [0, 0.05) is 0 Å². The van der Waals surface area contributed by atoms with Crippen LogP contribution in [-0.4, -0.2) is 22.2 Å². The summed E-state index contributed by atoms with van der Waals surface area (Å²) in [5, 5.41) is 18.6. The van der Waals surface area contributed by atoms with Crippen LogP contribution in [0.4, 0.5) is 0 Å². The van der Waals surface area contributed by atoms with Gasteiger partial charge >= 0.3 is 11.9 Å². The van der Waals surface area contributed by atoms with E-state index in [0.29, 0.717) is 5.56 Å². The number of rotatable bonds is 4. The average Bonchev–Trinajstić information content (AvgIpc) is 3.05. The maximum absolute atomic E-state index is 11.6. The maximum atomic E-state index is 11.6. The van der Waals surface area contributed by atoms with Gasteiger partial charge in [-0.15, -0.1) is 0 Å². The van der Waals surface area contributed by atoms with Gasteiger partial charge in [-0.3, -0.25) is 9.59 Å².